The van der Waals surface area contributed by atoms with Crippen LogP contribution < -0.4 is 5.32 Å². The number of carbonyl (C=O) groups is 1. The van der Waals surface area contributed by atoms with E-state index >= 15 is 0 Å². The predicted molar refractivity (Wildman–Crippen MR) is 90.9 cm³/mol. The first-order valence-electron chi connectivity index (χ1n) is 6.98. The van der Waals surface area contributed by atoms with Crippen molar-refractivity contribution in [2.24, 2.45) is 0 Å². The van der Waals surface area contributed by atoms with Crippen molar-refractivity contribution < 1.29 is 13.2 Å². The summed E-state index contributed by atoms with van der Waals surface area (Å²) in [6, 6.07) is 15.8. The molecule has 1 amide bonds. The average molecular weight is 350 g/mol. The topological polar surface area (TPSA) is 63.2 Å². The summed E-state index contributed by atoms with van der Waals surface area (Å²) in [6.45, 7) is 0.430. The zero-order chi connectivity index (χ0) is 16.7. The van der Waals surface area contributed by atoms with E-state index in [0.717, 1.165) is 17.0 Å². The molecule has 0 heterocycles. The molecule has 0 atom stereocenters. The molecule has 4 nitrogen and oxygen atoms in total. The van der Waals surface area contributed by atoms with Gasteiger partial charge < -0.3 is 5.32 Å². The highest BCUT2D eigenvalue weighted by molar-refractivity contribution is 7.94. The van der Waals surface area contributed by atoms with Gasteiger partial charge in [0.15, 0.2) is 0 Å². The number of benzene rings is 2. The zero-order valence-electron chi connectivity index (χ0n) is 12.3. The highest BCUT2D eigenvalue weighted by Gasteiger charge is 2.14. The maximum absolute atomic E-state index is 12.1. The molecule has 120 valence electrons. The molecule has 23 heavy (non-hydrogen) atoms. The van der Waals surface area contributed by atoms with Crippen LogP contribution in [0.3, 0.4) is 0 Å². The van der Waals surface area contributed by atoms with Gasteiger partial charge in [-0.3, -0.25) is 4.79 Å². The summed E-state index contributed by atoms with van der Waals surface area (Å²) in [4.78, 5) is 11.7. The summed E-state index contributed by atoms with van der Waals surface area (Å²) in [5, 5.41) is 3.64. The van der Waals surface area contributed by atoms with E-state index in [4.69, 9.17) is 11.6 Å². The molecule has 0 saturated carbocycles. The van der Waals surface area contributed by atoms with E-state index in [2.05, 4.69) is 5.32 Å². The third kappa shape index (κ3) is 5.23. The van der Waals surface area contributed by atoms with Crippen LogP contribution in [0, 0.1) is 0 Å². The number of hydrogen-bond acceptors (Lipinski definition) is 3. The summed E-state index contributed by atoms with van der Waals surface area (Å²) in [5.41, 5.74) is 1.10. The second-order valence-corrected chi connectivity index (χ2v) is 7.01. The van der Waals surface area contributed by atoms with Gasteiger partial charge in [-0.25, -0.2) is 8.42 Å². The zero-order valence-corrected chi connectivity index (χ0v) is 13.8. The van der Waals surface area contributed by atoms with Gasteiger partial charge in [0.05, 0.1) is 9.92 Å². The quantitative estimate of drug-likeness (QED) is 0.815. The second-order valence-electron chi connectivity index (χ2n) is 4.80. The van der Waals surface area contributed by atoms with Crippen LogP contribution in [0.5, 0.6) is 0 Å². The SMILES string of the molecule is O=C(/C=C/S(=O)(=O)c1ccccc1Cl)NCCc1ccccc1. The lowest BCUT2D eigenvalue weighted by Crippen LogP contribution is -2.23. The van der Waals surface area contributed by atoms with E-state index in [0.29, 0.717) is 13.0 Å². The molecule has 0 bridgehead atoms. The number of rotatable bonds is 6. The van der Waals surface area contributed by atoms with Gasteiger partial charge in [-0.1, -0.05) is 54.1 Å². The number of nitrogens with one attached hydrogen (secondary N) is 1. The fourth-order valence-electron chi connectivity index (χ4n) is 1.93. The molecule has 0 aliphatic rings. The van der Waals surface area contributed by atoms with E-state index in [9.17, 15) is 13.2 Å². The largest absolute Gasteiger partial charge is 0.352 e. The monoisotopic (exact) mass is 349 g/mol. The van der Waals surface area contributed by atoms with Crippen molar-refractivity contribution in [3.8, 4) is 0 Å². The van der Waals surface area contributed by atoms with Crippen LogP contribution in [0.2, 0.25) is 5.02 Å². The van der Waals surface area contributed by atoms with Crippen LogP contribution >= 0.6 is 11.6 Å². The predicted octanol–water partition coefficient (Wildman–Crippen LogP) is 2.99. The fraction of sp³-hybridized carbons (Fsp3) is 0.118. The van der Waals surface area contributed by atoms with Gasteiger partial charge in [0.1, 0.15) is 0 Å². The van der Waals surface area contributed by atoms with Crippen LogP contribution in [-0.4, -0.2) is 20.9 Å². The fourth-order valence-corrected chi connectivity index (χ4v) is 3.45. The molecular weight excluding hydrogens is 334 g/mol. The summed E-state index contributed by atoms with van der Waals surface area (Å²) >= 11 is 5.86. The van der Waals surface area contributed by atoms with Gasteiger partial charge in [-0.2, -0.15) is 0 Å². The van der Waals surface area contributed by atoms with Crippen molar-refractivity contribution in [2.45, 2.75) is 11.3 Å². The highest BCUT2D eigenvalue weighted by atomic mass is 35.5. The van der Waals surface area contributed by atoms with Crippen LogP contribution in [0.4, 0.5) is 0 Å². The van der Waals surface area contributed by atoms with Gasteiger partial charge in [-0.15, -0.1) is 0 Å². The van der Waals surface area contributed by atoms with Crippen molar-refractivity contribution >= 4 is 27.3 Å². The van der Waals surface area contributed by atoms with E-state index in [1.807, 2.05) is 30.3 Å². The second kappa shape index (κ2) is 7.94. The summed E-state index contributed by atoms with van der Waals surface area (Å²) in [5.74, 6) is -0.462. The Morgan fingerprint density at radius 3 is 2.39 bits per heavy atom. The van der Waals surface area contributed by atoms with Crippen molar-refractivity contribution in [3.05, 3.63) is 76.7 Å². The normalized spacial score (nSPS) is 11.5. The lowest BCUT2D eigenvalue weighted by molar-refractivity contribution is -0.116. The lowest BCUT2D eigenvalue weighted by Gasteiger charge is -2.03. The van der Waals surface area contributed by atoms with Crippen molar-refractivity contribution in [3.63, 3.8) is 0 Å². The molecule has 0 spiro atoms. The van der Waals surface area contributed by atoms with Crippen LogP contribution in [0.25, 0.3) is 0 Å². The standard InChI is InChI=1S/C17H16ClNO3S/c18-15-8-4-5-9-16(15)23(21,22)13-11-17(20)19-12-10-14-6-2-1-3-7-14/h1-9,11,13H,10,12H2,(H,19,20)/b13-11+. The molecule has 2 aromatic carbocycles. The molecule has 0 aromatic heterocycles. The van der Waals surface area contributed by atoms with Gasteiger partial charge >= 0.3 is 0 Å². The molecule has 0 aliphatic carbocycles. The first-order chi connectivity index (χ1) is 11.0. The van der Waals surface area contributed by atoms with Gasteiger partial charge in [0.25, 0.3) is 0 Å². The number of amides is 1. The van der Waals surface area contributed by atoms with E-state index in [-0.39, 0.29) is 9.92 Å². The van der Waals surface area contributed by atoms with E-state index < -0.39 is 15.7 Å². The third-order valence-electron chi connectivity index (χ3n) is 3.10. The van der Waals surface area contributed by atoms with Crippen LogP contribution in [0.15, 0.2) is 71.0 Å². The van der Waals surface area contributed by atoms with E-state index in [1.165, 1.54) is 12.1 Å². The lowest BCUT2D eigenvalue weighted by atomic mass is 10.1. The minimum atomic E-state index is -3.74. The molecule has 6 heteroatoms. The third-order valence-corrected chi connectivity index (χ3v) is 5.00. The van der Waals surface area contributed by atoms with Gasteiger partial charge in [0.2, 0.25) is 15.7 Å². The van der Waals surface area contributed by atoms with Crippen LogP contribution in [0.1, 0.15) is 5.56 Å². The maximum atomic E-state index is 12.1. The molecule has 0 fully saturated rings. The first-order valence-corrected chi connectivity index (χ1v) is 8.91. The van der Waals surface area contributed by atoms with Crippen LogP contribution in [-0.2, 0) is 21.1 Å². The molecule has 2 rings (SSSR count). The molecule has 0 unspecified atom stereocenters. The number of hydrogen-bond donors (Lipinski definition) is 1. The Kier molecular flexibility index (Phi) is 5.96. The first kappa shape index (κ1) is 17.2. The van der Waals surface area contributed by atoms with Gasteiger partial charge in [0, 0.05) is 18.0 Å². The summed E-state index contributed by atoms with van der Waals surface area (Å²) in [7, 11) is -3.74. The molecule has 0 saturated heterocycles. The number of carbonyl (C=O) groups excluding carboxylic acids is 1. The molecule has 1 N–H and O–H groups in total. The Labute approximate surface area is 140 Å². The molecule has 2 aromatic rings. The molecular formula is C17H16ClNO3S. The summed E-state index contributed by atoms with van der Waals surface area (Å²) < 4.78 is 24.2. The average Bonchev–Trinajstić information content (AvgIpc) is 2.54. The Morgan fingerprint density at radius 1 is 1.04 bits per heavy atom. The maximum Gasteiger partial charge on any atom is 0.244 e. The van der Waals surface area contributed by atoms with Crippen molar-refractivity contribution in [2.75, 3.05) is 6.54 Å². The van der Waals surface area contributed by atoms with Crippen molar-refractivity contribution in [1.82, 2.24) is 5.32 Å². The molecule has 0 aliphatic heterocycles. The Balaban J connectivity index is 1.92. The highest BCUT2D eigenvalue weighted by Crippen LogP contribution is 2.22. The number of halogens is 1. The Hall–Kier alpha value is -2.11. The number of sulfone groups is 1. The minimum absolute atomic E-state index is 0.0185. The van der Waals surface area contributed by atoms with Gasteiger partial charge in [-0.05, 0) is 24.1 Å². The summed E-state index contributed by atoms with van der Waals surface area (Å²) in [6.07, 6.45) is 1.68. The Bertz CT molecular complexity index is 802. The van der Waals surface area contributed by atoms with Crippen molar-refractivity contribution in [1.29, 1.82) is 0 Å². The Morgan fingerprint density at radius 2 is 1.70 bits per heavy atom. The minimum Gasteiger partial charge on any atom is -0.352 e. The van der Waals surface area contributed by atoms with E-state index in [1.54, 1.807) is 12.1 Å². The molecule has 0 radical (unpaired) electrons. The smallest absolute Gasteiger partial charge is 0.244 e.